The summed E-state index contributed by atoms with van der Waals surface area (Å²) >= 11 is 0. The molecule has 19 nitrogen and oxygen atoms in total. The number of nitrogens with two attached hydrogens (primary N) is 4. The topological polar surface area (TPSA) is 329 Å². The highest BCUT2D eigenvalue weighted by Gasteiger charge is 2.61. The molecule has 232 valence electrons. The van der Waals surface area contributed by atoms with Gasteiger partial charge in [0.1, 0.15) is 60.9 Å². The van der Waals surface area contributed by atoms with Crippen LogP contribution < -0.4 is 28.3 Å². The van der Waals surface area contributed by atoms with Gasteiger partial charge in [-0.1, -0.05) is 0 Å². The summed E-state index contributed by atoms with van der Waals surface area (Å²) < 4.78 is 28.6. The van der Waals surface area contributed by atoms with Crippen LogP contribution in [0.5, 0.6) is 0 Å². The third-order valence-electron chi connectivity index (χ3n) is 7.36. The highest BCUT2D eigenvalue weighted by atomic mass is 16.8. The molecule has 0 radical (unpaired) electrons. The summed E-state index contributed by atoms with van der Waals surface area (Å²) in [5.41, 5.74) is 21.9. The van der Waals surface area contributed by atoms with Crippen molar-refractivity contribution in [2.24, 2.45) is 32.9 Å². The number of nitrogens with zero attached hydrogens (tertiary/aromatic N) is 2. The molecule has 1 aliphatic carbocycles. The molecule has 0 aromatic heterocycles. The Bertz CT molecular complexity index is 911. The minimum atomic E-state index is -2.24. The molecule has 15 unspecified atom stereocenters. The van der Waals surface area contributed by atoms with E-state index in [1.807, 2.05) is 0 Å². The van der Waals surface area contributed by atoms with Gasteiger partial charge >= 0.3 is 0 Å². The molecule has 1 saturated carbocycles. The Labute approximate surface area is 229 Å². The van der Waals surface area contributed by atoms with Crippen LogP contribution in [-0.2, 0) is 23.7 Å². The Hall–Kier alpha value is -1.98. The van der Waals surface area contributed by atoms with Gasteiger partial charge in [-0.25, -0.2) is 9.98 Å². The molecule has 16 N–H and O–H groups in total. The monoisotopic (exact) mass is 583 g/mol. The summed E-state index contributed by atoms with van der Waals surface area (Å²) in [6, 6.07) is -3.96. The minimum Gasteiger partial charge on any atom is -0.394 e. The van der Waals surface area contributed by atoms with E-state index in [1.165, 1.54) is 14.0 Å². The summed E-state index contributed by atoms with van der Waals surface area (Å²) in [5, 5.41) is 77.1. The Morgan fingerprint density at radius 1 is 0.850 bits per heavy atom. The van der Waals surface area contributed by atoms with E-state index in [0.717, 1.165) is 7.11 Å². The van der Waals surface area contributed by atoms with Crippen LogP contribution in [0.2, 0.25) is 0 Å². The summed E-state index contributed by atoms with van der Waals surface area (Å²) in [4.78, 5) is 7.69. The van der Waals surface area contributed by atoms with Crippen molar-refractivity contribution in [3.8, 4) is 0 Å². The highest BCUT2D eigenvalue weighted by Crippen LogP contribution is 2.39. The first-order chi connectivity index (χ1) is 18.7. The molecular formula is C21H41N7O12. The van der Waals surface area contributed by atoms with Crippen LogP contribution in [0.3, 0.4) is 0 Å². The van der Waals surface area contributed by atoms with E-state index in [4.69, 9.17) is 46.6 Å². The molecule has 3 rings (SSSR count). The highest BCUT2D eigenvalue weighted by molar-refractivity contribution is 5.76. The SMILES string of the molecule is CNC1C(OC2OC(C)C(O)(OC)C2OC2C(O)C(O)C(N=C(N)N)C(O)C2N=C(N)N)OC(CO)C(O)C1O. The van der Waals surface area contributed by atoms with E-state index in [0.29, 0.717) is 0 Å². The first-order valence-corrected chi connectivity index (χ1v) is 12.5. The quantitative estimate of drug-likeness (QED) is 0.0680. The van der Waals surface area contributed by atoms with E-state index < -0.39 is 110 Å². The smallest absolute Gasteiger partial charge is 0.224 e. The van der Waals surface area contributed by atoms with Crippen LogP contribution in [0.1, 0.15) is 6.92 Å². The zero-order valence-electron chi connectivity index (χ0n) is 22.2. The van der Waals surface area contributed by atoms with E-state index in [2.05, 4.69) is 15.3 Å². The number of ether oxygens (including phenoxy) is 5. The lowest BCUT2D eigenvalue weighted by atomic mass is 9.81. The van der Waals surface area contributed by atoms with E-state index >= 15 is 0 Å². The molecular weight excluding hydrogens is 542 g/mol. The molecule has 0 spiro atoms. The first kappa shape index (κ1) is 32.5. The van der Waals surface area contributed by atoms with Gasteiger partial charge in [0.05, 0.1) is 12.6 Å². The third kappa shape index (κ3) is 6.11. The zero-order chi connectivity index (χ0) is 30.1. The van der Waals surface area contributed by atoms with Crippen LogP contribution in [0.25, 0.3) is 0 Å². The maximum Gasteiger partial charge on any atom is 0.224 e. The fourth-order valence-electron chi connectivity index (χ4n) is 5.15. The summed E-state index contributed by atoms with van der Waals surface area (Å²) in [5.74, 6) is -3.23. The van der Waals surface area contributed by atoms with Crippen molar-refractivity contribution in [2.45, 2.75) is 98.4 Å². The minimum absolute atomic E-state index is 0.488. The Kier molecular flexibility index (Phi) is 10.5. The zero-order valence-corrected chi connectivity index (χ0v) is 22.2. The molecule has 15 atom stereocenters. The fraction of sp³-hybridized carbons (Fsp3) is 0.905. The molecule has 3 fully saturated rings. The molecule has 2 aliphatic heterocycles. The number of nitrogens with one attached hydrogen (secondary N) is 1. The van der Waals surface area contributed by atoms with Crippen molar-refractivity contribution in [2.75, 3.05) is 20.8 Å². The summed E-state index contributed by atoms with van der Waals surface area (Å²) in [6.45, 7) is 0.776. The van der Waals surface area contributed by atoms with Crippen molar-refractivity contribution >= 4 is 11.9 Å². The van der Waals surface area contributed by atoms with Crippen LogP contribution in [-0.4, -0.2) is 160 Å². The molecule has 0 amide bonds. The van der Waals surface area contributed by atoms with Gasteiger partial charge in [-0.3, -0.25) is 0 Å². The van der Waals surface area contributed by atoms with Crippen LogP contribution >= 0.6 is 0 Å². The van der Waals surface area contributed by atoms with Crippen molar-refractivity contribution in [1.29, 1.82) is 0 Å². The number of hydrogen-bond donors (Lipinski definition) is 12. The van der Waals surface area contributed by atoms with E-state index in [9.17, 15) is 35.7 Å². The van der Waals surface area contributed by atoms with Gasteiger partial charge in [0.15, 0.2) is 30.6 Å². The van der Waals surface area contributed by atoms with E-state index in [-0.39, 0.29) is 0 Å². The third-order valence-corrected chi connectivity index (χ3v) is 7.36. The van der Waals surface area contributed by atoms with Crippen LogP contribution in [0, 0.1) is 0 Å². The second-order valence-corrected chi connectivity index (χ2v) is 9.84. The standard InChI is InChI=1S/C21H41N7O12/c1-5-21(35,36-3)16(18(37-5)40-17-9(26-2)13(33)10(30)6(4-29)38-17)39-15-8(28-20(24)25)11(31)7(27-19(22)23)12(32)14(15)34/h5-18,26,29-35H,4H2,1-3H3,(H4,22,23,27)(H4,24,25,28). The molecule has 3 aliphatic rings. The van der Waals surface area contributed by atoms with Gasteiger partial charge in [0, 0.05) is 7.11 Å². The van der Waals surface area contributed by atoms with Crippen molar-refractivity contribution in [3.05, 3.63) is 0 Å². The number of aliphatic hydroxyl groups excluding tert-OH is 6. The first-order valence-electron chi connectivity index (χ1n) is 12.5. The number of rotatable bonds is 9. The maximum atomic E-state index is 11.3. The number of likely N-dealkylation sites (N-methyl/N-ethyl adjacent to an activating group) is 1. The Balaban J connectivity index is 1.97. The van der Waals surface area contributed by atoms with Crippen LogP contribution in [0.4, 0.5) is 0 Å². The lowest BCUT2D eigenvalue weighted by Gasteiger charge is -2.46. The molecule has 2 saturated heterocycles. The predicted octanol–water partition coefficient (Wildman–Crippen LogP) is -7.76. The van der Waals surface area contributed by atoms with Crippen LogP contribution in [0.15, 0.2) is 9.98 Å². The van der Waals surface area contributed by atoms with Gasteiger partial charge in [0.25, 0.3) is 0 Å². The lowest BCUT2D eigenvalue weighted by molar-refractivity contribution is -0.331. The molecule has 0 aromatic carbocycles. The molecule has 0 bridgehead atoms. The second kappa shape index (κ2) is 12.9. The number of hydrogen-bond acceptors (Lipinski definition) is 15. The maximum absolute atomic E-state index is 11.3. The average Bonchev–Trinajstić information content (AvgIpc) is 3.13. The molecule has 40 heavy (non-hydrogen) atoms. The van der Waals surface area contributed by atoms with Crippen molar-refractivity contribution in [3.63, 3.8) is 0 Å². The number of methoxy groups -OCH3 is 1. The average molecular weight is 584 g/mol. The van der Waals surface area contributed by atoms with Crippen molar-refractivity contribution < 1.29 is 59.4 Å². The second-order valence-electron chi connectivity index (χ2n) is 9.84. The fourth-order valence-corrected chi connectivity index (χ4v) is 5.15. The largest absolute Gasteiger partial charge is 0.394 e. The molecule has 19 heteroatoms. The van der Waals surface area contributed by atoms with Gasteiger partial charge in [-0.2, -0.15) is 0 Å². The Morgan fingerprint density at radius 3 is 1.98 bits per heavy atom. The van der Waals surface area contributed by atoms with Gasteiger partial charge < -0.3 is 87.7 Å². The summed E-state index contributed by atoms with van der Waals surface area (Å²) in [7, 11) is 2.61. The number of guanidine groups is 2. The Morgan fingerprint density at radius 2 is 1.45 bits per heavy atom. The van der Waals surface area contributed by atoms with Gasteiger partial charge in [-0.05, 0) is 14.0 Å². The molecule has 0 aromatic rings. The van der Waals surface area contributed by atoms with Gasteiger partial charge in [0.2, 0.25) is 5.79 Å². The normalized spacial score (nSPS) is 47.5. The summed E-state index contributed by atoms with van der Waals surface area (Å²) in [6.07, 6.45) is -16.7. The predicted molar refractivity (Wildman–Crippen MR) is 134 cm³/mol. The lowest BCUT2D eigenvalue weighted by Crippen LogP contribution is -2.67. The van der Waals surface area contributed by atoms with E-state index in [1.54, 1.807) is 0 Å². The number of aliphatic imine (C=N–C) groups is 2. The van der Waals surface area contributed by atoms with Crippen molar-refractivity contribution in [1.82, 2.24) is 5.32 Å². The number of aliphatic hydroxyl groups is 7. The van der Waals surface area contributed by atoms with Gasteiger partial charge in [-0.15, -0.1) is 0 Å². The molecule has 2 heterocycles.